The van der Waals surface area contributed by atoms with E-state index in [4.69, 9.17) is 5.11 Å². The van der Waals surface area contributed by atoms with Crippen molar-refractivity contribution < 1.29 is 27.9 Å². The predicted octanol–water partition coefficient (Wildman–Crippen LogP) is 1.49. The first-order chi connectivity index (χ1) is 8.28. The molecule has 0 saturated heterocycles. The van der Waals surface area contributed by atoms with E-state index in [9.17, 15) is 22.8 Å². The van der Waals surface area contributed by atoms with E-state index >= 15 is 0 Å². The van der Waals surface area contributed by atoms with Gasteiger partial charge in [0.2, 0.25) is 0 Å². The Balaban J connectivity index is 2.26. The molecular formula is C10H15F3N2O3. The van der Waals surface area contributed by atoms with E-state index in [2.05, 4.69) is 10.6 Å². The van der Waals surface area contributed by atoms with Crippen LogP contribution >= 0.6 is 0 Å². The fourth-order valence-corrected chi connectivity index (χ4v) is 1.56. The third kappa shape index (κ3) is 6.31. The SMILES string of the molecule is O=C(O)CC(NC(=O)NCCC(F)(F)F)C1CC1. The van der Waals surface area contributed by atoms with Gasteiger partial charge in [0.15, 0.2) is 0 Å². The highest BCUT2D eigenvalue weighted by Gasteiger charge is 2.34. The maximum Gasteiger partial charge on any atom is 0.390 e. The lowest BCUT2D eigenvalue weighted by Crippen LogP contribution is -2.44. The number of carbonyl (C=O) groups excluding carboxylic acids is 1. The van der Waals surface area contributed by atoms with E-state index < -0.39 is 37.2 Å². The Morgan fingerprint density at radius 3 is 2.39 bits per heavy atom. The van der Waals surface area contributed by atoms with E-state index in [1.165, 1.54) is 0 Å². The zero-order chi connectivity index (χ0) is 13.8. The largest absolute Gasteiger partial charge is 0.481 e. The van der Waals surface area contributed by atoms with Gasteiger partial charge in [0.05, 0.1) is 12.8 Å². The number of carboxylic acids is 1. The molecule has 18 heavy (non-hydrogen) atoms. The van der Waals surface area contributed by atoms with Gasteiger partial charge >= 0.3 is 18.2 Å². The molecule has 3 N–H and O–H groups in total. The molecule has 0 aromatic rings. The van der Waals surface area contributed by atoms with Crippen molar-refractivity contribution in [2.45, 2.75) is 37.9 Å². The molecule has 5 nitrogen and oxygen atoms in total. The molecule has 2 amide bonds. The summed E-state index contributed by atoms with van der Waals surface area (Å²) in [6.07, 6.45) is -3.96. The summed E-state index contributed by atoms with van der Waals surface area (Å²) in [5.74, 6) is -0.919. The van der Waals surface area contributed by atoms with E-state index in [1.807, 2.05) is 0 Å². The minimum atomic E-state index is -4.32. The van der Waals surface area contributed by atoms with Crippen LogP contribution < -0.4 is 10.6 Å². The van der Waals surface area contributed by atoms with Gasteiger partial charge in [0, 0.05) is 12.6 Å². The minimum Gasteiger partial charge on any atom is -0.481 e. The average molecular weight is 268 g/mol. The zero-order valence-corrected chi connectivity index (χ0v) is 9.59. The van der Waals surface area contributed by atoms with Crippen LogP contribution in [-0.4, -0.2) is 35.9 Å². The van der Waals surface area contributed by atoms with Crippen molar-refractivity contribution in [1.82, 2.24) is 10.6 Å². The molecule has 0 aliphatic heterocycles. The van der Waals surface area contributed by atoms with Gasteiger partial charge in [0.1, 0.15) is 0 Å². The highest BCUT2D eigenvalue weighted by atomic mass is 19.4. The van der Waals surface area contributed by atoms with Crippen molar-refractivity contribution in [1.29, 1.82) is 0 Å². The summed E-state index contributed by atoms with van der Waals surface area (Å²) in [5, 5.41) is 13.1. The topological polar surface area (TPSA) is 78.4 Å². The number of alkyl halides is 3. The van der Waals surface area contributed by atoms with Crippen molar-refractivity contribution in [2.24, 2.45) is 5.92 Å². The van der Waals surface area contributed by atoms with Crippen LogP contribution in [-0.2, 0) is 4.79 Å². The van der Waals surface area contributed by atoms with Crippen LogP contribution in [0.15, 0.2) is 0 Å². The Kier molecular flexibility index (Phi) is 4.80. The monoisotopic (exact) mass is 268 g/mol. The number of aliphatic carboxylic acids is 1. The molecule has 1 unspecified atom stereocenters. The van der Waals surface area contributed by atoms with Crippen LogP contribution in [0.25, 0.3) is 0 Å². The van der Waals surface area contributed by atoms with E-state index in [0.717, 1.165) is 12.8 Å². The second-order valence-electron chi connectivity index (χ2n) is 4.31. The second-order valence-corrected chi connectivity index (χ2v) is 4.31. The minimum absolute atomic E-state index is 0.120. The molecule has 1 atom stereocenters. The highest BCUT2D eigenvalue weighted by Crippen LogP contribution is 2.33. The lowest BCUT2D eigenvalue weighted by molar-refractivity contribution is -0.137. The van der Waals surface area contributed by atoms with Gasteiger partial charge in [-0.3, -0.25) is 4.79 Å². The molecule has 1 fully saturated rings. The van der Waals surface area contributed by atoms with Gasteiger partial charge in [-0.25, -0.2) is 4.79 Å². The summed E-state index contributed by atoms with van der Waals surface area (Å²) >= 11 is 0. The lowest BCUT2D eigenvalue weighted by atomic mass is 10.1. The number of hydrogen-bond acceptors (Lipinski definition) is 2. The standard InChI is InChI=1S/C10H15F3N2O3/c11-10(12,13)3-4-14-9(18)15-7(5-8(16)17)6-1-2-6/h6-7H,1-5H2,(H,16,17)(H2,14,15,18). The number of urea groups is 1. The van der Waals surface area contributed by atoms with E-state index in [0.29, 0.717) is 0 Å². The Morgan fingerprint density at radius 1 is 1.33 bits per heavy atom. The molecule has 8 heteroatoms. The summed E-state index contributed by atoms with van der Waals surface area (Å²) in [5.41, 5.74) is 0. The first-order valence-corrected chi connectivity index (χ1v) is 5.61. The van der Waals surface area contributed by atoms with E-state index in [-0.39, 0.29) is 12.3 Å². The summed E-state index contributed by atoms with van der Waals surface area (Å²) in [6.45, 7) is -0.514. The van der Waals surface area contributed by atoms with E-state index in [1.54, 1.807) is 0 Å². The molecule has 1 aliphatic carbocycles. The number of nitrogens with one attached hydrogen (secondary N) is 2. The van der Waals surface area contributed by atoms with Crippen LogP contribution in [0.1, 0.15) is 25.7 Å². The summed E-state index contributed by atoms with van der Waals surface area (Å²) < 4.78 is 35.5. The molecule has 0 bridgehead atoms. The molecule has 1 aliphatic rings. The van der Waals surface area contributed by atoms with Crippen LogP contribution in [0.2, 0.25) is 0 Å². The van der Waals surface area contributed by atoms with Gasteiger partial charge in [-0.05, 0) is 18.8 Å². The number of amides is 2. The van der Waals surface area contributed by atoms with Gasteiger partial charge in [-0.1, -0.05) is 0 Å². The van der Waals surface area contributed by atoms with Gasteiger partial charge in [-0.15, -0.1) is 0 Å². The zero-order valence-electron chi connectivity index (χ0n) is 9.59. The average Bonchev–Trinajstić information content (AvgIpc) is 2.96. The fraction of sp³-hybridized carbons (Fsp3) is 0.800. The van der Waals surface area contributed by atoms with Crippen molar-refractivity contribution in [2.75, 3.05) is 6.54 Å². The molecule has 0 heterocycles. The molecule has 0 aromatic heterocycles. The second kappa shape index (κ2) is 5.92. The number of rotatable bonds is 6. The fourth-order valence-electron chi connectivity index (χ4n) is 1.56. The Morgan fingerprint density at radius 2 is 1.94 bits per heavy atom. The third-order valence-corrected chi connectivity index (χ3v) is 2.60. The maximum atomic E-state index is 11.8. The smallest absolute Gasteiger partial charge is 0.390 e. The van der Waals surface area contributed by atoms with Crippen molar-refractivity contribution in [3.8, 4) is 0 Å². The highest BCUT2D eigenvalue weighted by molar-refractivity contribution is 5.75. The first-order valence-electron chi connectivity index (χ1n) is 5.61. The number of carbonyl (C=O) groups is 2. The Hall–Kier alpha value is -1.47. The molecule has 0 spiro atoms. The summed E-state index contributed by atoms with van der Waals surface area (Å²) in [7, 11) is 0. The molecule has 0 radical (unpaired) electrons. The molecular weight excluding hydrogens is 253 g/mol. The maximum absolute atomic E-state index is 11.8. The number of halogens is 3. The van der Waals surface area contributed by atoms with Crippen LogP contribution in [0.5, 0.6) is 0 Å². The number of hydrogen-bond donors (Lipinski definition) is 3. The van der Waals surface area contributed by atoms with Gasteiger partial charge < -0.3 is 15.7 Å². The Labute approximate surface area is 102 Å². The lowest BCUT2D eigenvalue weighted by Gasteiger charge is -2.17. The third-order valence-electron chi connectivity index (χ3n) is 2.60. The molecule has 0 aromatic carbocycles. The molecule has 1 rings (SSSR count). The first kappa shape index (κ1) is 14.6. The van der Waals surface area contributed by atoms with Crippen molar-refractivity contribution in [3.63, 3.8) is 0 Å². The predicted molar refractivity (Wildman–Crippen MR) is 56.0 cm³/mol. The molecule has 1 saturated carbocycles. The Bertz CT molecular complexity index is 316. The van der Waals surface area contributed by atoms with Crippen molar-refractivity contribution in [3.05, 3.63) is 0 Å². The van der Waals surface area contributed by atoms with Crippen LogP contribution in [0, 0.1) is 5.92 Å². The van der Waals surface area contributed by atoms with Crippen molar-refractivity contribution >= 4 is 12.0 Å². The number of carboxylic acid groups (broad SMARTS) is 1. The van der Waals surface area contributed by atoms with Gasteiger partial charge in [-0.2, -0.15) is 13.2 Å². The van der Waals surface area contributed by atoms with Crippen LogP contribution in [0.3, 0.4) is 0 Å². The van der Waals surface area contributed by atoms with Crippen LogP contribution in [0.4, 0.5) is 18.0 Å². The molecule has 104 valence electrons. The normalized spacial score (nSPS) is 17.1. The summed E-state index contributed by atoms with van der Waals surface area (Å²) in [6, 6.07) is -1.26. The quantitative estimate of drug-likeness (QED) is 0.683. The van der Waals surface area contributed by atoms with Gasteiger partial charge in [0.25, 0.3) is 0 Å². The summed E-state index contributed by atoms with van der Waals surface area (Å²) in [4.78, 5) is 21.8.